The molecule has 2 atom stereocenters. The van der Waals surface area contributed by atoms with E-state index in [1.165, 1.54) is 6.07 Å². The van der Waals surface area contributed by atoms with Gasteiger partial charge in [0.1, 0.15) is 5.60 Å². The molecule has 0 radical (unpaired) electrons. The third kappa shape index (κ3) is 4.81. The molecule has 1 amide bonds. The SMILES string of the molecule is O=C(N1CC[C@@H]2[C@H]1CCN2C1CCC(O)(c2ccc(-c3ncccn3)cn2)CC1)C12CC(Nc3cccc(C(F)(F)F)c3)(C1)C2. The molecular formula is C34H37F3N6O2. The van der Waals surface area contributed by atoms with Gasteiger partial charge in [-0.05, 0) is 94.2 Å². The third-order valence-corrected chi connectivity index (χ3v) is 11.3. The molecule has 2 aliphatic heterocycles. The first-order chi connectivity index (χ1) is 21.6. The van der Waals surface area contributed by atoms with Gasteiger partial charge < -0.3 is 15.3 Å². The molecule has 0 unspecified atom stereocenters. The topological polar surface area (TPSA) is 94.5 Å². The van der Waals surface area contributed by atoms with Gasteiger partial charge >= 0.3 is 6.18 Å². The Morgan fingerprint density at radius 3 is 2.33 bits per heavy atom. The minimum absolute atomic E-state index is 0.217. The van der Waals surface area contributed by atoms with Crippen LogP contribution in [0.15, 0.2) is 61.1 Å². The molecule has 9 rings (SSSR count). The maximum atomic E-state index is 13.8. The molecule has 4 aliphatic carbocycles. The van der Waals surface area contributed by atoms with Crippen molar-refractivity contribution in [1.82, 2.24) is 24.8 Å². The highest BCUT2D eigenvalue weighted by atomic mass is 19.4. The Morgan fingerprint density at radius 2 is 1.64 bits per heavy atom. The van der Waals surface area contributed by atoms with Crippen LogP contribution in [0.25, 0.3) is 11.4 Å². The molecule has 236 valence electrons. The number of rotatable bonds is 6. The van der Waals surface area contributed by atoms with Crippen LogP contribution >= 0.6 is 0 Å². The van der Waals surface area contributed by atoms with Crippen LogP contribution < -0.4 is 5.32 Å². The minimum atomic E-state index is -4.38. The zero-order valence-corrected chi connectivity index (χ0v) is 25.0. The number of pyridine rings is 1. The van der Waals surface area contributed by atoms with Crippen molar-refractivity contribution in [1.29, 1.82) is 0 Å². The van der Waals surface area contributed by atoms with Gasteiger partial charge in [-0.3, -0.25) is 14.7 Å². The van der Waals surface area contributed by atoms with Crippen LogP contribution in [0.5, 0.6) is 0 Å². The molecule has 2 saturated heterocycles. The first kappa shape index (κ1) is 28.9. The number of hydrogen-bond donors (Lipinski definition) is 2. The number of hydrogen-bond acceptors (Lipinski definition) is 7. The van der Waals surface area contributed by atoms with Gasteiger partial charge in [-0.25, -0.2) is 9.97 Å². The van der Waals surface area contributed by atoms with E-state index in [2.05, 4.69) is 30.1 Å². The van der Waals surface area contributed by atoms with Gasteiger partial charge in [0.25, 0.3) is 0 Å². The van der Waals surface area contributed by atoms with Crippen LogP contribution in [0, 0.1) is 5.41 Å². The molecule has 3 aromatic rings. The lowest BCUT2D eigenvalue weighted by molar-refractivity contribution is -0.180. The quantitative estimate of drug-likeness (QED) is 0.382. The van der Waals surface area contributed by atoms with Crippen LogP contribution in [-0.4, -0.2) is 72.5 Å². The summed E-state index contributed by atoms with van der Waals surface area (Å²) in [5.41, 5.74) is -0.278. The van der Waals surface area contributed by atoms with E-state index in [1.54, 1.807) is 30.7 Å². The maximum absolute atomic E-state index is 13.8. The highest BCUT2D eigenvalue weighted by Gasteiger charge is 2.73. The molecule has 45 heavy (non-hydrogen) atoms. The first-order valence-electron chi connectivity index (χ1n) is 16.1. The summed E-state index contributed by atoms with van der Waals surface area (Å²) in [5.74, 6) is 0.846. The largest absolute Gasteiger partial charge is 0.416 e. The molecule has 4 heterocycles. The molecule has 2 N–H and O–H groups in total. The molecular weight excluding hydrogens is 581 g/mol. The number of nitrogens with zero attached hydrogens (tertiary/aromatic N) is 5. The van der Waals surface area contributed by atoms with Gasteiger partial charge in [-0.1, -0.05) is 6.07 Å². The molecule has 4 saturated carbocycles. The van der Waals surface area contributed by atoms with Crippen molar-refractivity contribution < 1.29 is 23.1 Å². The minimum Gasteiger partial charge on any atom is -0.384 e. The average molecular weight is 619 g/mol. The lowest BCUT2D eigenvalue weighted by atomic mass is 9.39. The van der Waals surface area contributed by atoms with Crippen molar-refractivity contribution in [2.45, 2.75) is 93.2 Å². The number of carbonyl (C=O) groups excluding carboxylic acids is 1. The second-order valence-corrected chi connectivity index (χ2v) is 14.0. The molecule has 1 aromatic carbocycles. The molecule has 2 aromatic heterocycles. The van der Waals surface area contributed by atoms with E-state index in [-0.39, 0.29) is 22.9 Å². The number of aromatic nitrogens is 3. The monoisotopic (exact) mass is 618 g/mol. The Bertz CT molecular complexity index is 1570. The van der Waals surface area contributed by atoms with E-state index >= 15 is 0 Å². The number of alkyl halides is 3. The smallest absolute Gasteiger partial charge is 0.384 e. The van der Waals surface area contributed by atoms with Crippen molar-refractivity contribution >= 4 is 11.6 Å². The summed E-state index contributed by atoms with van der Waals surface area (Å²) in [5, 5.41) is 14.9. The van der Waals surface area contributed by atoms with E-state index in [9.17, 15) is 23.1 Å². The zero-order valence-electron chi connectivity index (χ0n) is 25.0. The first-order valence-corrected chi connectivity index (χ1v) is 16.1. The average Bonchev–Trinajstić information content (AvgIpc) is 3.62. The number of amides is 1. The number of fused-ring (bicyclic) bond motifs is 1. The normalized spacial score (nSPS) is 34.1. The highest BCUT2D eigenvalue weighted by molar-refractivity contribution is 5.88. The lowest BCUT2D eigenvalue weighted by Crippen LogP contribution is -2.75. The zero-order chi connectivity index (χ0) is 31.0. The molecule has 6 fully saturated rings. The fourth-order valence-electron chi connectivity index (χ4n) is 9.17. The van der Waals surface area contributed by atoms with Crippen LogP contribution in [0.2, 0.25) is 0 Å². The lowest BCUT2D eigenvalue weighted by Gasteiger charge is -2.70. The van der Waals surface area contributed by atoms with Crippen LogP contribution in [0.4, 0.5) is 18.9 Å². The van der Waals surface area contributed by atoms with Gasteiger partial charge in [0.05, 0.1) is 16.7 Å². The summed E-state index contributed by atoms with van der Waals surface area (Å²) in [6, 6.07) is 11.9. The summed E-state index contributed by atoms with van der Waals surface area (Å²) in [6.45, 7) is 1.72. The Morgan fingerprint density at radius 1 is 0.911 bits per heavy atom. The van der Waals surface area contributed by atoms with Crippen molar-refractivity contribution in [3.63, 3.8) is 0 Å². The van der Waals surface area contributed by atoms with E-state index in [0.717, 1.165) is 56.5 Å². The number of nitrogens with one attached hydrogen (secondary N) is 1. The number of likely N-dealkylation sites (tertiary alicyclic amines) is 2. The van der Waals surface area contributed by atoms with Gasteiger partial charge in [0, 0.05) is 66.6 Å². The Balaban J connectivity index is 0.859. The van der Waals surface area contributed by atoms with Gasteiger partial charge in [0.15, 0.2) is 5.82 Å². The van der Waals surface area contributed by atoms with Crippen molar-refractivity contribution in [2.75, 3.05) is 18.4 Å². The second-order valence-electron chi connectivity index (χ2n) is 14.0. The fourth-order valence-corrected chi connectivity index (χ4v) is 9.17. The van der Waals surface area contributed by atoms with Crippen molar-refractivity contribution in [3.05, 3.63) is 72.3 Å². The third-order valence-electron chi connectivity index (χ3n) is 11.3. The molecule has 6 aliphatic rings. The highest BCUT2D eigenvalue weighted by Crippen LogP contribution is 2.69. The summed E-state index contributed by atoms with van der Waals surface area (Å²) >= 11 is 0. The number of carbonyl (C=O) groups is 1. The van der Waals surface area contributed by atoms with Gasteiger partial charge in [-0.2, -0.15) is 13.2 Å². The van der Waals surface area contributed by atoms with Crippen LogP contribution in [0.1, 0.15) is 69.0 Å². The standard InChI is InChI=1S/C34H37F3N6O2/c35-34(36,37)23-3-1-4-24(17-23)41-32-19-31(20-32,21-32)30(44)43-16-10-26-27(43)9-15-42(26)25-7-11-33(45,12-8-25)28-6-5-22(18-40-28)29-38-13-2-14-39-29/h1-6,13-14,17-18,25-27,41,45H,7-12,15-16,19-21H2/t25?,26-,27-,31?,32?,33?/m1/s1. The Kier molecular flexibility index (Phi) is 6.56. The predicted molar refractivity (Wildman–Crippen MR) is 161 cm³/mol. The number of benzene rings is 1. The van der Waals surface area contributed by atoms with Crippen LogP contribution in [0.3, 0.4) is 0 Å². The number of anilines is 1. The summed E-state index contributed by atoms with van der Waals surface area (Å²) in [4.78, 5) is 31.7. The van der Waals surface area contributed by atoms with Crippen molar-refractivity contribution in [3.8, 4) is 11.4 Å². The number of aliphatic hydroxyl groups is 1. The van der Waals surface area contributed by atoms with E-state index in [1.807, 2.05) is 12.1 Å². The summed E-state index contributed by atoms with van der Waals surface area (Å²) in [7, 11) is 0. The molecule has 11 heteroatoms. The maximum Gasteiger partial charge on any atom is 0.416 e. The van der Waals surface area contributed by atoms with E-state index in [0.29, 0.717) is 61.4 Å². The summed E-state index contributed by atoms with van der Waals surface area (Å²) < 4.78 is 39.5. The predicted octanol–water partition coefficient (Wildman–Crippen LogP) is 5.40. The number of halogens is 3. The molecule has 0 spiro atoms. The Labute approximate surface area is 260 Å². The van der Waals surface area contributed by atoms with E-state index < -0.39 is 17.3 Å². The van der Waals surface area contributed by atoms with Crippen molar-refractivity contribution in [2.24, 2.45) is 5.41 Å². The summed E-state index contributed by atoms with van der Waals surface area (Å²) in [6.07, 6.45) is 7.78. The molecule has 2 bridgehead atoms. The molecule has 8 nitrogen and oxygen atoms in total. The van der Waals surface area contributed by atoms with Gasteiger partial charge in [0.2, 0.25) is 5.91 Å². The Hall–Kier alpha value is -3.57. The van der Waals surface area contributed by atoms with Crippen LogP contribution in [-0.2, 0) is 16.6 Å². The van der Waals surface area contributed by atoms with E-state index in [4.69, 9.17) is 0 Å². The fraction of sp³-hybridized carbons (Fsp3) is 0.529. The van der Waals surface area contributed by atoms with Gasteiger partial charge in [-0.15, -0.1) is 0 Å². The second kappa shape index (κ2) is 10.2.